The van der Waals surface area contributed by atoms with Crippen molar-refractivity contribution in [1.29, 1.82) is 0 Å². The third kappa shape index (κ3) is 3.91. The van der Waals surface area contributed by atoms with Crippen LogP contribution in [0.5, 0.6) is 0 Å². The fraction of sp³-hybridized carbons (Fsp3) is 0.167. The van der Waals surface area contributed by atoms with Gasteiger partial charge < -0.3 is 5.32 Å². The zero-order chi connectivity index (χ0) is 18.7. The third-order valence-electron chi connectivity index (χ3n) is 3.80. The lowest BCUT2D eigenvalue weighted by Crippen LogP contribution is -2.32. The Morgan fingerprint density at radius 2 is 1.58 bits per heavy atom. The van der Waals surface area contributed by atoms with E-state index in [1.54, 1.807) is 24.3 Å². The first-order valence-corrected chi connectivity index (χ1v) is 8.63. The number of imide groups is 1. The molecule has 0 saturated carbocycles. The van der Waals surface area contributed by atoms with Crippen LogP contribution in [-0.4, -0.2) is 34.9 Å². The summed E-state index contributed by atoms with van der Waals surface area (Å²) in [6.45, 7) is -0.0303. The van der Waals surface area contributed by atoms with Crippen molar-refractivity contribution in [3.8, 4) is 0 Å². The van der Waals surface area contributed by atoms with Gasteiger partial charge in [0.1, 0.15) is 0 Å². The standard InChI is InChI=1S/C18H14F2N2O3S/c19-18(20)26-12-7-5-11(6-8-12)21-15(23)9-10-22-16(24)13-3-1-2-4-14(13)17(22)25/h1-8,18H,9-10H2,(H,21,23). The van der Waals surface area contributed by atoms with E-state index in [0.717, 1.165) is 4.90 Å². The second-order valence-electron chi connectivity index (χ2n) is 5.51. The summed E-state index contributed by atoms with van der Waals surface area (Å²) in [6, 6.07) is 12.5. The van der Waals surface area contributed by atoms with Crippen molar-refractivity contribution in [3.05, 3.63) is 59.7 Å². The van der Waals surface area contributed by atoms with Gasteiger partial charge >= 0.3 is 0 Å². The number of amides is 3. The van der Waals surface area contributed by atoms with Crippen molar-refractivity contribution in [3.63, 3.8) is 0 Å². The first-order chi connectivity index (χ1) is 12.5. The summed E-state index contributed by atoms with van der Waals surface area (Å²) >= 11 is 0.420. The Bertz CT molecular complexity index is 821. The number of nitrogens with zero attached hydrogens (tertiary/aromatic N) is 1. The molecule has 8 heteroatoms. The van der Waals surface area contributed by atoms with E-state index in [1.165, 1.54) is 24.3 Å². The predicted molar refractivity (Wildman–Crippen MR) is 93.4 cm³/mol. The van der Waals surface area contributed by atoms with Gasteiger partial charge in [-0.25, -0.2) is 0 Å². The maximum Gasteiger partial charge on any atom is 0.288 e. The number of thioether (sulfide) groups is 1. The van der Waals surface area contributed by atoms with E-state index in [9.17, 15) is 23.2 Å². The number of alkyl halides is 2. The smallest absolute Gasteiger partial charge is 0.288 e. The quantitative estimate of drug-likeness (QED) is 0.618. The molecule has 26 heavy (non-hydrogen) atoms. The Hall–Kier alpha value is -2.74. The highest BCUT2D eigenvalue weighted by molar-refractivity contribution is 7.99. The number of fused-ring (bicyclic) bond motifs is 1. The van der Waals surface area contributed by atoms with Crippen molar-refractivity contribution in [2.45, 2.75) is 17.1 Å². The lowest BCUT2D eigenvalue weighted by atomic mass is 10.1. The van der Waals surface area contributed by atoms with Crippen LogP contribution in [0.4, 0.5) is 14.5 Å². The van der Waals surface area contributed by atoms with Crippen LogP contribution in [0.15, 0.2) is 53.4 Å². The van der Waals surface area contributed by atoms with Crippen LogP contribution in [0.1, 0.15) is 27.1 Å². The number of nitrogens with one attached hydrogen (secondary N) is 1. The molecular weight excluding hydrogens is 362 g/mol. The molecule has 0 radical (unpaired) electrons. The molecule has 0 aromatic heterocycles. The minimum Gasteiger partial charge on any atom is -0.326 e. The molecule has 134 valence electrons. The molecule has 2 aromatic rings. The molecule has 0 saturated heterocycles. The van der Waals surface area contributed by atoms with Crippen molar-refractivity contribution >= 4 is 35.2 Å². The van der Waals surface area contributed by atoms with E-state index >= 15 is 0 Å². The summed E-state index contributed by atoms with van der Waals surface area (Å²) in [5, 5.41) is 2.61. The molecule has 0 spiro atoms. The van der Waals surface area contributed by atoms with Gasteiger partial charge in [0.25, 0.3) is 17.6 Å². The minimum absolute atomic E-state index is 0.0303. The summed E-state index contributed by atoms with van der Waals surface area (Å²) in [4.78, 5) is 37.9. The monoisotopic (exact) mass is 376 g/mol. The topological polar surface area (TPSA) is 66.5 Å². The highest BCUT2D eigenvalue weighted by Crippen LogP contribution is 2.26. The largest absolute Gasteiger partial charge is 0.326 e. The molecule has 5 nitrogen and oxygen atoms in total. The van der Waals surface area contributed by atoms with Gasteiger partial charge in [0.15, 0.2) is 0 Å². The SMILES string of the molecule is O=C(CCN1C(=O)c2ccccc2C1=O)Nc1ccc(SC(F)F)cc1. The van der Waals surface area contributed by atoms with Crippen molar-refractivity contribution in [2.75, 3.05) is 11.9 Å². The zero-order valence-corrected chi connectivity index (χ0v) is 14.3. The van der Waals surface area contributed by atoms with Crippen LogP contribution in [-0.2, 0) is 4.79 Å². The summed E-state index contributed by atoms with van der Waals surface area (Å²) in [5.41, 5.74) is 1.13. The molecular formula is C18H14F2N2O3S. The normalized spacial score (nSPS) is 13.3. The van der Waals surface area contributed by atoms with Crippen molar-refractivity contribution in [1.82, 2.24) is 4.90 Å². The number of carbonyl (C=O) groups is 3. The van der Waals surface area contributed by atoms with Crippen molar-refractivity contribution < 1.29 is 23.2 Å². The maximum absolute atomic E-state index is 12.3. The molecule has 1 aliphatic rings. The highest BCUT2D eigenvalue weighted by atomic mass is 32.2. The van der Waals surface area contributed by atoms with Gasteiger partial charge in [0.2, 0.25) is 5.91 Å². The van der Waals surface area contributed by atoms with E-state index in [1.807, 2.05) is 0 Å². The first-order valence-electron chi connectivity index (χ1n) is 7.75. The van der Waals surface area contributed by atoms with E-state index in [-0.39, 0.29) is 18.9 Å². The van der Waals surface area contributed by atoms with Crippen LogP contribution in [0, 0.1) is 0 Å². The van der Waals surface area contributed by atoms with Gasteiger partial charge in [-0.2, -0.15) is 8.78 Å². The van der Waals surface area contributed by atoms with Gasteiger partial charge in [-0.3, -0.25) is 19.3 Å². The summed E-state index contributed by atoms with van der Waals surface area (Å²) in [7, 11) is 0. The number of halogens is 2. The molecule has 1 heterocycles. The Kier molecular flexibility index (Phi) is 5.32. The van der Waals surface area contributed by atoms with E-state index in [2.05, 4.69) is 5.32 Å². The molecule has 0 unspecified atom stereocenters. The minimum atomic E-state index is -2.50. The molecule has 1 N–H and O–H groups in total. The summed E-state index contributed by atoms with van der Waals surface area (Å²) in [6.07, 6.45) is -0.0565. The fourth-order valence-electron chi connectivity index (χ4n) is 2.60. The third-order valence-corrected chi connectivity index (χ3v) is 4.53. The summed E-state index contributed by atoms with van der Waals surface area (Å²) < 4.78 is 24.5. The van der Waals surface area contributed by atoms with Crippen LogP contribution in [0.3, 0.4) is 0 Å². The second kappa shape index (κ2) is 7.65. The van der Waals surface area contributed by atoms with E-state index in [0.29, 0.717) is 33.5 Å². The number of hydrogen-bond acceptors (Lipinski definition) is 4. The van der Waals surface area contributed by atoms with Crippen LogP contribution >= 0.6 is 11.8 Å². The summed E-state index contributed by atoms with van der Waals surface area (Å²) in [5.74, 6) is -3.70. The molecule has 0 fully saturated rings. The Balaban J connectivity index is 1.55. The Morgan fingerprint density at radius 3 is 2.12 bits per heavy atom. The molecule has 2 aromatic carbocycles. The predicted octanol–water partition coefficient (Wildman–Crippen LogP) is 3.63. The maximum atomic E-state index is 12.3. The average molecular weight is 376 g/mol. The highest BCUT2D eigenvalue weighted by Gasteiger charge is 2.34. The van der Waals surface area contributed by atoms with Crippen LogP contribution in [0.25, 0.3) is 0 Å². The number of hydrogen-bond donors (Lipinski definition) is 1. The number of anilines is 1. The molecule has 0 bridgehead atoms. The molecule has 3 rings (SSSR count). The number of benzene rings is 2. The number of carbonyl (C=O) groups excluding carboxylic acids is 3. The Morgan fingerprint density at radius 1 is 1.00 bits per heavy atom. The molecule has 0 atom stereocenters. The van der Waals surface area contributed by atoms with Gasteiger partial charge in [0, 0.05) is 23.5 Å². The van der Waals surface area contributed by atoms with Gasteiger partial charge in [-0.15, -0.1) is 0 Å². The Labute approximate surface area is 152 Å². The number of rotatable bonds is 6. The zero-order valence-electron chi connectivity index (χ0n) is 13.4. The molecule has 0 aliphatic carbocycles. The first kappa shape index (κ1) is 18.1. The van der Waals surface area contributed by atoms with E-state index < -0.39 is 17.6 Å². The van der Waals surface area contributed by atoms with Gasteiger partial charge in [-0.05, 0) is 36.4 Å². The van der Waals surface area contributed by atoms with E-state index in [4.69, 9.17) is 0 Å². The second-order valence-corrected chi connectivity index (χ2v) is 6.57. The van der Waals surface area contributed by atoms with Gasteiger partial charge in [-0.1, -0.05) is 23.9 Å². The molecule has 3 amide bonds. The van der Waals surface area contributed by atoms with Crippen LogP contribution < -0.4 is 5.32 Å². The van der Waals surface area contributed by atoms with Gasteiger partial charge in [0.05, 0.1) is 11.1 Å². The van der Waals surface area contributed by atoms with Crippen LogP contribution in [0.2, 0.25) is 0 Å². The van der Waals surface area contributed by atoms with Crippen molar-refractivity contribution in [2.24, 2.45) is 0 Å². The lowest BCUT2D eigenvalue weighted by molar-refractivity contribution is -0.116. The average Bonchev–Trinajstić information content (AvgIpc) is 2.86. The fourth-order valence-corrected chi connectivity index (χ4v) is 3.10. The lowest BCUT2D eigenvalue weighted by Gasteiger charge is -2.13. The molecule has 1 aliphatic heterocycles.